The molecule has 7 nitrogen and oxygen atoms in total. The number of phenols is 1. The Morgan fingerprint density at radius 2 is 2.07 bits per heavy atom. The number of ketones is 1. The van der Waals surface area contributed by atoms with Gasteiger partial charge >= 0.3 is 0 Å². The molecule has 28 heavy (non-hydrogen) atoms. The summed E-state index contributed by atoms with van der Waals surface area (Å²) in [5.41, 5.74) is 1.01. The van der Waals surface area contributed by atoms with Crippen molar-refractivity contribution in [2.45, 2.75) is 19.9 Å². The first kappa shape index (κ1) is 20.3. The van der Waals surface area contributed by atoms with Gasteiger partial charge in [0.1, 0.15) is 5.75 Å². The van der Waals surface area contributed by atoms with Gasteiger partial charge in [0.25, 0.3) is 5.91 Å². The molecular weight excluding hydrogens is 404 g/mol. The zero-order valence-electron chi connectivity index (χ0n) is 15.5. The van der Waals surface area contributed by atoms with E-state index in [0.29, 0.717) is 21.1 Å². The molecule has 2 aromatic rings. The second kappa shape index (κ2) is 7.90. The number of hydrogen-bond donors (Lipinski definition) is 2. The molecule has 1 amide bonds. The minimum Gasteiger partial charge on any atom is -0.506 e. The second-order valence-corrected chi connectivity index (χ2v) is 7.95. The van der Waals surface area contributed by atoms with Crippen molar-refractivity contribution in [3.05, 3.63) is 55.7 Å². The fourth-order valence-corrected chi connectivity index (χ4v) is 4.27. The maximum atomic E-state index is 13.3. The minimum absolute atomic E-state index is 0.0328. The molecule has 0 bridgehead atoms. The lowest BCUT2D eigenvalue weighted by molar-refractivity contribution is -0.130. The lowest BCUT2D eigenvalue weighted by Crippen LogP contribution is -2.34. The topological polar surface area (TPSA) is 100.0 Å². The Bertz CT molecular complexity index is 985. The van der Waals surface area contributed by atoms with Gasteiger partial charge in [-0.05, 0) is 31.5 Å². The summed E-state index contributed by atoms with van der Waals surface area (Å²) >= 11 is 7.25. The fourth-order valence-electron chi connectivity index (χ4n) is 3.21. The number of aliphatic hydroxyl groups is 1. The van der Waals surface area contributed by atoms with Crippen molar-refractivity contribution in [3.63, 3.8) is 0 Å². The zero-order chi connectivity index (χ0) is 20.6. The number of aromatic nitrogens is 1. The quantitative estimate of drug-likeness (QED) is 0.692. The third-order valence-electron chi connectivity index (χ3n) is 4.48. The average Bonchev–Trinajstić information content (AvgIpc) is 3.12. The maximum absolute atomic E-state index is 13.3. The Morgan fingerprint density at radius 1 is 1.36 bits per heavy atom. The molecular formula is C19H19ClN2O5S. The average molecular weight is 423 g/mol. The fraction of sp³-hybridized carbons (Fsp3) is 0.316. The van der Waals surface area contributed by atoms with Crippen LogP contribution >= 0.6 is 22.9 Å². The standard InChI is InChI=1S/C19H19ClN2O5S/c1-9-18(28-10(2)21-9)16(24)14-15(11-4-5-13(23)12(20)8-11)22(6-7-27-3)19(26)17(14)25/h4-5,8,15,23,25H,6-7H2,1-3H3. The van der Waals surface area contributed by atoms with Crippen LogP contribution in [0.5, 0.6) is 5.75 Å². The number of ether oxygens (including phenoxy) is 1. The number of aromatic hydroxyl groups is 1. The monoisotopic (exact) mass is 422 g/mol. The first-order valence-corrected chi connectivity index (χ1v) is 9.65. The van der Waals surface area contributed by atoms with Crippen LogP contribution in [0.4, 0.5) is 0 Å². The van der Waals surface area contributed by atoms with E-state index < -0.39 is 23.5 Å². The van der Waals surface area contributed by atoms with E-state index in [4.69, 9.17) is 16.3 Å². The van der Waals surface area contributed by atoms with Crippen LogP contribution in [0.3, 0.4) is 0 Å². The Morgan fingerprint density at radius 3 is 2.64 bits per heavy atom. The molecule has 0 fully saturated rings. The number of carbonyl (C=O) groups is 2. The van der Waals surface area contributed by atoms with Crippen LogP contribution in [0.2, 0.25) is 5.02 Å². The highest BCUT2D eigenvalue weighted by Crippen LogP contribution is 2.41. The molecule has 2 N–H and O–H groups in total. The van der Waals surface area contributed by atoms with E-state index in [1.165, 1.54) is 35.5 Å². The summed E-state index contributed by atoms with van der Waals surface area (Å²) in [5.74, 6) is -1.83. The van der Waals surface area contributed by atoms with Crippen molar-refractivity contribution < 1.29 is 24.5 Å². The molecule has 148 valence electrons. The Balaban J connectivity index is 2.13. The van der Waals surface area contributed by atoms with Crippen LogP contribution in [-0.4, -0.2) is 52.0 Å². The van der Waals surface area contributed by atoms with Crippen LogP contribution in [0, 0.1) is 13.8 Å². The van der Waals surface area contributed by atoms with Crippen molar-refractivity contribution in [1.82, 2.24) is 9.88 Å². The van der Waals surface area contributed by atoms with E-state index in [1.807, 2.05) is 0 Å². The van der Waals surface area contributed by atoms with Gasteiger partial charge in [-0.2, -0.15) is 0 Å². The van der Waals surface area contributed by atoms with Crippen LogP contribution in [-0.2, 0) is 9.53 Å². The molecule has 0 spiro atoms. The van der Waals surface area contributed by atoms with Gasteiger partial charge in [0.15, 0.2) is 5.76 Å². The molecule has 2 heterocycles. The number of amides is 1. The van der Waals surface area contributed by atoms with Gasteiger partial charge in [-0.25, -0.2) is 4.98 Å². The Kier molecular flexibility index (Phi) is 5.74. The highest BCUT2D eigenvalue weighted by molar-refractivity contribution is 7.14. The van der Waals surface area contributed by atoms with Crippen molar-refractivity contribution in [3.8, 4) is 5.75 Å². The first-order chi connectivity index (χ1) is 13.3. The van der Waals surface area contributed by atoms with Crippen LogP contribution in [0.1, 0.15) is 32.0 Å². The minimum atomic E-state index is -0.852. The molecule has 0 saturated heterocycles. The number of nitrogens with zero attached hydrogens (tertiary/aromatic N) is 2. The van der Waals surface area contributed by atoms with Crippen molar-refractivity contribution in [2.24, 2.45) is 0 Å². The number of hydrogen-bond acceptors (Lipinski definition) is 7. The van der Waals surface area contributed by atoms with Crippen LogP contribution < -0.4 is 0 Å². The predicted octanol–water partition coefficient (Wildman–Crippen LogP) is 3.34. The largest absolute Gasteiger partial charge is 0.506 e. The van der Waals surface area contributed by atoms with Gasteiger partial charge in [-0.3, -0.25) is 9.59 Å². The summed E-state index contributed by atoms with van der Waals surface area (Å²) in [5, 5.41) is 21.1. The van der Waals surface area contributed by atoms with E-state index >= 15 is 0 Å². The SMILES string of the molecule is COCCN1C(=O)C(O)=C(C(=O)c2sc(C)nc2C)C1c1ccc(O)c(Cl)c1. The number of thiazole rings is 1. The number of halogens is 1. The highest BCUT2D eigenvalue weighted by atomic mass is 35.5. The highest BCUT2D eigenvalue weighted by Gasteiger charge is 2.44. The van der Waals surface area contributed by atoms with E-state index in [-0.39, 0.29) is 29.5 Å². The van der Waals surface area contributed by atoms with Crippen molar-refractivity contribution >= 4 is 34.6 Å². The zero-order valence-corrected chi connectivity index (χ0v) is 17.1. The normalized spacial score (nSPS) is 16.9. The Labute approximate surface area is 170 Å². The predicted molar refractivity (Wildman–Crippen MR) is 105 cm³/mol. The number of Topliss-reactive ketones (excluding diaryl/α,β-unsaturated/α-hetero) is 1. The number of aliphatic hydroxyl groups excluding tert-OH is 1. The number of methoxy groups -OCH3 is 1. The molecule has 1 aliphatic rings. The molecule has 1 atom stereocenters. The molecule has 0 radical (unpaired) electrons. The van der Waals surface area contributed by atoms with Gasteiger partial charge in [0.2, 0.25) is 5.78 Å². The van der Waals surface area contributed by atoms with Crippen LogP contribution in [0.15, 0.2) is 29.5 Å². The maximum Gasteiger partial charge on any atom is 0.290 e. The molecule has 1 aromatic carbocycles. The molecule has 1 aliphatic heterocycles. The molecule has 0 aliphatic carbocycles. The number of carbonyl (C=O) groups excluding carboxylic acids is 2. The lowest BCUT2D eigenvalue weighted by atomic mass is 9.95. The smallest absolute Gasteiger partial charge is 0.290 e. The van der Waals surface area contributed by atoms with Gasteiger partial charge in [0, 0.05) is 13.7 Å². The van der Waals surface area contributed by atoms with E-state index in [2.05, 4.69) is 4.98 Å². The summed E-state index contributed by atoms with van der Waals surface area (Å²) in [6.45, 7) is 3.88. The number of aryl methyl sites for hydroxylation is 2. The van der Waals surface area contributed by atoms with E-state index in [9.17, 15) is 19.8 Å². The molecule has 1 unspecified atom stereocenters. The van der Waals surface area contributed by atoms with Gasteiger partial charge in [0.05, 0.1) is 38.8 Å². The van der Waals surface area contributed by atoms with Crippen molar-refractivity contribution in [1.29, 1.82) is 0 Å². The Hall–Kier alpha value is -2.42. The van der Waals surface area contributed by atoms with Gasteiger partial charge < -0.3 is 19.8 Å². The number of rotatable bonds is 6. The van der Waals surface area contributed by atoms with Gasteiger partial charge in [-0.1, -0.05) is 17.7 Å². The first-order valence-electron chi connectivity index (χ1n) is 8.46. The van der Waals surface area contributed by atoms with Crippen LogP contribution in [0.25, 0.3) is 0 Å². The second-order valence-electron chi connectivity index (χ2n) is 6.34. The summed E-state index contributed by atoms with van der Waals surface area (Å²) in [7, 11) is 1.50. The number of benzene rings is 1. The van der Waals surface area contributed by atoms with E-state index in [1.54, 1.807) is 19.9 Å². The summed E-state index contributed by atoms with van der Waals surface area (Å²) in [6, 6.07) is 3.58. The molecule has 9 heteroatoms. The third-order valence-corrected chi connectivity index (χ3v) is 5.86. The van der Waals surface area contributed by atoms with E-state index in [0.717, 1.165) is 0 Å². The molecule has 1 aromatic heterocycles. The molecule has 3 rings (SSSR count). The van der Waals surface area contributed by atoms with Crippen molar-refractivity contribution in [2.75, 3.05) is 20.3 Å². The summed E-state index contributed by atoms with van der Waals surface area (Å²) in [6.07, 6.45) is 0. The summed E-state index contributed by atoms with van der Waals surface area (Å²) in [4.78, 5) is 31.9. The lowest BCUT2D eigenvalue weighted by Gasteiger charge is -2.26. The summed E-state index contributed by atoms with van der Waals surface area (Å²) < 4.78 is 5.06. The molecule has 0 saturated carbocycles. The van der Waals surface area contributed by atoms with Gasteiger partial charge in [-0.15, -0.1) is 11.3 Å². The number of phenolic OH excluding ortho intramolecular Hbond substituents is 1. The third kappa shape index (κ3) is 3.50.